The summed E-state index contributed by atoms with van der Waals surface area (Å²) in [6, 6.07) is 5.36. The molecule has 0 unspecified atom stereocenters. The van der Waals surface area contributed by atoms with Crippen molar-refractivity contribution in [1.29, 1.82) is 0 Å². The number of hydrogen-bond donors (Lipinski definition) is 0. The highest BCUT2D eigenvalue weighted by Crippen LogP contribution is 2.32. The minimum atomic E-state index is -4.32. The topological polar surface area (TPSA) is 19.9 Å². The monoisotopic (exact) mass is 203 g/mol. The van der Waals surface area contributed by atoms with E-state index in [-0.39, 0.29) is 25.0 Å². The fourth-order valence-corrected chi connectivity index (χ4v) is 1.28. The van der Waals surface area contributed by atoms with E-state index in [4.69, 9.17) is 0 Å². The standard InChI is InChI=1S/C10H10F3O/c11-10(12,13)9-6-2-1-4-8(9)5-3-7-14/h1-2,4,6H,3,5,7H2. The van der Waals surface area contributed by atoms with Crippen LogP contribution >= 0.6 is 0 Å². The zero-order valence-corrected chi connectivity index (χ0v) is 7.47. The van der Waals surface area contributed by atoms with Gasteiger partial charge in [-0.05, 0) is 24.5 Å². The van der Waals surface area contributed by atoms with Crippen LogP contribution in [0.15, 0.2) is 24.3 Å². The molecule has 4 heteroatoms. The Balaban J connectivity index is 2.92. The van der Waals surface area contributed by atoms with E-state index in [1.54, 1.807) is 6.07 Å². The molecule has 0 N–H and O–H groups in total. The van der Waals surface area contributed by atoms with E-state index >= 15 is 0 Å². The molecule has 1 aromatic rings. The van der Waals surface area contributed by atoms with Gasteiger partial charge in [0.25, 0.3) is 0 Å². The van der Waals surface area contributed by atoms with E-state index in [0.29, 0.717) is 0 Å². The molecule has 1 radical (unpaired) electrons. The summed E-state index contributed by atoms with van der Waals surface area (Å²) in [7, 11) is 0. The maximum atomic E-state index is 12.4. The van der Waals surface area contributed by atoms with E-state index in [9.17, 15) is 18.3 Å². The minimum Gasteiger partial charge on any atom is -0.237 e. The third-order valence-corrected chi connectivity index (χ3v) is 1.91. The molecule has 0 saturated carbocycles. The molecule has 0 aliphatic rings. The van der Waals surface area contributed by atoms with Crippen LogP contribution in [0, 0.1) is 0 Å². The Bertz CT molecular complexity index is 294. The fourth-order valence-electron chi connectivity index (χ4n) is 1.28. The summed E-state index contributed by atoms with van der Waals surface area (Å²) >= 11 is 0. The van der Waals surface area contributed by atoms with Gasteiger partial charge in [-0.25, -0.2) is 5.11 Å². The molecule has 0 aliphatic heterocycles. The van der Waals surface area contributed by atoms with E-state index in [1.165, 1.54) is 12.1 Å². The molecular weight excluding hydrogens is 193 g/mol. The van der Waals surface area contributed by atoms with Crippen molar-refractivity contribution in [2.45, 2.75) is 19.0 Å². The van der Waals surface area contributed by atoms with Crippen LogP contribution in [0.5, 0.6) is 0 Å². The number of rotatable bonds is 3. The molecule has 14 heavy (non-hydrogen) atoms. The van der Waals surface area contributed by atoms with Crippen LogP contribution in [0.3, 0.4) is 0 Å². The van der Waals surface area contributed by atoms with Crippen molar-refractivity contribution in [2.75, 3.05) is 6.61 Å². The summed E-state index contributed by atoms with van der Waals surface area (Å²) in [5.74, 6) is 0. The predicted octanol–water partition coefficient (Wildman–Crippen LogP) is 3.07. The maximum absolute atomic E-state index is 12.4. The molecular formula is C10H10F3O. The normalized spacial score (nSPS) is 11.7. The Labute approximate surface area is 80.2 Å². The van der Waals surface area contributed by atoms with Crippen molar-refractivity contribution in [3.8, 4) is 0 Å². The highest BCUT2D eigenvalue weighted by Gasteiger charge is 2.32. The summed E-state index contributed by atoms with van der Waals surface area (Å²) in [6.07, 6.45) is -3.88. The Hall–Kier alpha value is -1.03. The smallest absolute Gasteiger partial charge is 0.237 e. The first kappa shape index (κ1) is 11.0. The molecule has 0 heterocycles. The second-order valence-corrected chi connectivity index (χ2v) is 2.96. The van der Waals surface area contributed by atoms with Crippen molar-refractivity contribution in [1.82, 2.24) is 0 Å². The molecule has 0 aliphatic carbocycles. The molecule has 1 nitrogen and oxygen atoms in total. The molecule has 0 atom stereocenters. The van der Waals surface area contributed by atoms with Gasteiger partial charge in [0.2, 0.25) is 0 Å². The Morgan fingerprint density at radius 2 is 1.79 bits per heavy atom. The first-order valence-corrected chi connectivity index (χ1v) is 4.29. The van der Waals surface area contributed by atoms with Crippen LogP contribution in [0.25, 0.3) is 0 Å². The summed E-state index contributed by atoms with van der Waals surface area (Å²) in [5.41, 5.74) is -0.427. The zero-order chi connectivity index (χ0) is 10.6. The molecule has 0 aromatic heterocycles. The third-order valence-electron chi connectivity index (χ3n) is 1.91. The lowest BCUT2D eigenvalue weighted by molar-refractivity contribution is -0.138. The minimum absolute atomic E-state index is 0.194. The molecule has 0 saturated heterocycles. The van der Waals surface area contributed by atoms with Gasteiger partial charge < -0.3 is 0 Å². The summed E-state index contributed by atoms with van der Waals surface area (Å²) < 4.78 is 37.2. The highest BCUT2D eigenvalue weighted by molar-refractivity contribution is 5.29. The molecule has 0 spiro atoms. The summed E-state index contributed by atoms with van der Waals surface area (Å²) in [4.78, 5) is 0. The van der Waals surface area contributed by atoms with Gasteiger partial charge in [-0.1, -0.05) is 18.2 Å². The van der Waals surface area contributed by atoms with Crippen molar-refractivity contribution < 1.29 is 18.3 Å². The van der Waals surface area contributed by atoms with Crippen molar-refractivity contribution in [3.63, 3.8) is 0 Å². The lowest BCUT2D eigenvalue weighted by Crippen LogP contribution is -2.09. The molecule has 1 aromatic carbocycles. The molecule has 0 fully saturated rings. The average molecular weight is 203 g/mol. The van der Waals surface area contributed by atoms with E-state index in [2.05, 4.69) is 0 Å². The van der Waals surface area contributed by atoms with Gasteiger partial charge in [0.15, 0.2) is 0 Å². The number of halogens is 3. The predicted molar refractivity (Wildman–Crippen MR) is 45.3 cm³/mol. The van der Waals surface area contributed by atoms with Gasteiger partial charge in [0.1, 0.15) is 0 Å². The van der Waals surface area contributed by atoms with Crippen LogP contribution in [-0.2, 0) is 17.7 Å². The number of alkyl halides is 3. The van der Waals surface area contributed by atoms with Gasteiger partial charge >= 0.3 is 6.18 Å². The average Bonchev–Trinajstić information content (AvgIpc) is 2.14. The zero-order valence-electron chi connectivity index (χ0n) is 7.47. The first-order valence-electron chi connectivity index (χ1n) is 4.29. The van der Waals surface area contributed by atoms with Crippen molar-refractivity contribution in [3.05, 3.63) is 35.4 Å². The van der Waals surface area contributed by atoms with Crippen LogP contribution < -0.4 is 0 Å². The number of benzene rings is 1. The van der Waals surface area contributed by atoms with Crippen LogP contribution in [0.2, 0.25) is 0 Å². The Morgan fingerprint density at radius 1 is 1.14 bits per heavy atom. The van der Waals surface area contributed by atoms with Crippen molar-refractivity contribution >= 4 is 0 Å². The first-order chi connectivity index (χ1) is 6.55. The maximum Gasteiger partial charge on any atom is 0.416 e. The highest BCUT2D eigenvalue weighted by atomic mass is 19.4. The number of hydrogen-bond acceptors (Lipinski definition) is 0. The summed E-state index contributed by atoms with van der Waals surface area (Å²) in [6.45, 7) is -0.341. The number of aryl methyl sites for hydroxylation is 1. The van der Waals surface area contributed by atoms with Gasteiger partial charge in [-0.3, -0.25) is 0 Å². The van der Waals surface area contributed by atoms with E-state index in [1.807, 2.05) is 0 Å². The van der Waals surface area contributed by atoms with E-state index < -0.39 is 11.7 Å². The molecule has 77 valence electrons. The molecule has 0 amide bonds. The van der Waals surface area contributed by atoms with E-state index in [0.717, 1.165) is 6.07 Å². The van der Waals surface area contributed by atoms with Gasteiger partial charge in [0, 0.05) is 0 Å². The molecule has 1 rings (SSSR count). The SMILES string of the molecule is [O]CCCc1ccccc1C(F)(F)F. The second kappa shape index (κ2) is 4.46. The summed E-state index contributed by atoms with van der Waals surface area (Å²) in [5, 5.41) is 10.2. The lowest BCUT2D eigenvalue weighted by atomic mass is 10.0. The van der Waals surface area contributed by atoms with Gasteiger partial charge in [-0.2, -0.15) is 13.2 Å². The van der Waals surface area contributed by atoms with Crippen LogP contribution in [0.1, 0.15) is 17.5 Å². The Morgan fingerprint density at radius 3 is 2.36 bits per heavy atom. The lowest BCUT2D eigenvalue weighted by Gasteiger charge is -2.11. The largest absolute Gasteiger partial charge is 0.416 e. The third kappa shape index (κ3) is 2.73. The fraction of sp³-hybridized carbons (Fsp3) is 0.400. The quantitative estimate of drug-likeness (QED) is 0.719. The van der Waals surface area contributed by atoms with Gasteiger partial charge in [-0.15, -0.1) is 0 Å². The van der Waals surface area contributed by atoms with Gasteiger partial charge in [0.05, 0.1) is 12.2 Å². The van der Waals surface area contributed by atoms with Crippen molar-refractivity contribution in [2.24, 2.45) is 0 Å². The molecule has 0 bridgehead atoms. The Kier molecular flexibility index (Phi) is 3.52. The van der Waals surface area contributed by atoms with Crippen LogP contribution in [0.4, 0.5) is 13.2 Å². The van der Waals surface area contributed by atoms with Crippen LogP contribution in [-0.4, -0.2) is 6.61 Å². The second-order valence-electron chi connectivity index (χ2n) is 2.96.